The van der Waals surface area contributed by atoms with Crippen molar-refractivity contribution in [2.75, 3.05) is 11.9 Å². The topological polar surface area (TPSA) is 97.5 Å². The first kappa shape index (κ1) is 27.3. The molecule has 0 bridgehead atoms. The molecule has 0 unspecified atom stereocenters. The molecule has 7 nitrogen and oxygen atoms in total. The summed E-state index contributed by atoms with van der Waals surface area (Å²) in [4.78, 5) is 19.5. The van der Waals surface area contributed by atoms with Gasteiger partial charge in [-0.3, -0.25) is 0 Å². The van der Waals surface area contributed by atoms with Gasteiger partial charge in [-0.15, -0.1) is 0 Å². The van der Waals surface area contributed by atoms with E-state index in [4.69, 9.17) is 14.3 Å². The number of furan rings is 1. The second kappa shape index (κ2) is 12.2. The summed E-state index contributed by atoms with van der Waals surface area (Å²) in [6, 6.07) is 19.3. The number of esters is 1. The van der Waals surface area contributed by atoms with Gasteiger partial charge in [-0.1, -0.05) is 79.4 Å². The number of aliphatic hydroxyl groups excluding tert-OH is 1. The van der Waals surface area contributed by atoms with Crippen molar-refractivity contribution >= 4 is 22.9 Å². The molecule has 0 saturated heterocycles. The Labute approximate surface area is 224 Å². The third kappa shape index (κ3) is 6.98. The maximum atomic E-state index is 10.4. The minimum Gasteiger partial charge on any atom is -0.458 e. The minimum absolute atomic E-state index is 0.461. The van der Waals surface area contributed by atoms with Gasteiger partial charge in [-0.25, -0.2) is 14.8 Å². The number of rotatable bonds is 5. The summed E-state index contributed by atoms with van der Waals surface area (Å²) in [5.74, 6) is 1.14. The van der Waals surface area contributed by atoms with E-state index in [9.17, 15) is 4.79 Å². The van der Waals surface area contributed by atoms with Gasteiger partial charge in [0, 0.05) is 17.2 Å². The monoisotopic (exact) mass is 515 g/mol. The van der Waals surface area contributed by atoms with E-state index in [0.29, 0.717) is 11.8 Å². The number of aryl methyl sites for hydroxylation is 1. The average Bonchev–Trinajstić information content (AvgIpc) is 3.30. The molecular weight excluding hydrogens is 478 g/mol. The van der Waals surface area contributed by atoms with Gasteiger partial charge >= 0.3 is 5.97 Å². The highest BCUT2D eigenvalue weighted by Gasteiger charge is 2.23. The number of benzene rings is 2. The van der Waals surface area contributed by atoms with Crippen LogP contribution in [0.5, 0.6) is 0 Å². The van der Waals surface area contributed by atoms with Crippen molar-refractivity contribution in [1.82, 2.24) is 9.97 Å². The molecule has 2 aromatic carbocycles. The Kier molecular flexibility index (Phi) is 8.79. The predicted octanol–water partition coefficient (Wildman–Crippen LogP) is 6.93. The SMILES string of the molecule is CC(C)(C)OC(=O)CO.Cc1ccc(-c2c(-c3ccccc3)oc3ncnc(NC4CCCCC4)c23)cc1. The molecule has 1 fully saturated rings. The minimum atomic E-state index is -0.581. The summed E-state index contributed by atoms with van der Waals surface area (Å²) >= 11 is 0. The highest BCUT2D eigenvalue weighted by atomic mass is 16.6. The number of fused-ring (bicyclic) bond motifs is 1. The molecule has 2 aromatic heterocycles. The molecule has 0 atom stereocenters. The van der Waals surface area contributed by atoms with E-state index in [-0.39, 0.29) is 0 Å². The van der Waals surface area contributed by atoms with Crippen LogP contribution < -0.4 is 5.32 Å². The third-order valence-corrected chi connectivity index (χ3v) is 6.36. The fourth-order valence-electron chi connectivity index (χ4n) is 4.65. The van der Waals surface area contributed by atoms with Crippen LogP contribution in [0.25, 0.3) is 33.6 Å². The van der Waals surface area contributed by atoms with E-state index < -0.39 is 18.2 Å². The fraction of sp³-hybridized carbons (Fsp3) is 0.387. The molecule has 0 aliphatic heterocycles. The van der Waals surface area contributed by atoms with Crippen LogP contribution in [0.15, 0.2) is 65.3 Å². The summed E-state index contributed by atoms with van der Waals surface area (Å²) in [5, 5.41) is 12.9. The molecule has 0 amide bonds. The number of carbonyl (C=O) groups is 1. The number of anilines is 1. The number of hydrogen-bond donors (Lipinski definition) is 2. The molecular formula is C31H37N3O4. The largest absolute Gasteiger partial charge is 0.458 e. The quantitative estimate of drug-likeness (QED) is 0.278. The van der Waals surface area contributed by atoms with Crippen molar-refractivity contribution < 1.29 is 19.1 Å². The van der Waals surface area contributed by atoms with Crippen molar-refractivity contribution in [3.63, 3.8) is 0 Å². The molecule has 4 aromatic rings. The highest BCUT2D eigenvalue weighted by Crippen LogP contribution is 2.43. The molecule has 2 heterocycles. The first-order valence-electron chi connectivity index (χ1n) is 13.2. The first-order chi connectivity index (χ1) is 18.2. The molecule has 7 heteroatoms. The number of aliphatic hydroxyl groups is 1. The van der Waals surface area contributed by atoms with E-state index in [1.807, 2.05) is 18.2 Å². The Morgan fingerprint density at radius 2 is 1.68 bits per heavy atom. The fourth-order valence-corrected chi connectivity index (χ4v) is 4.65. The van der Waals surface area contributed by atoms with Crippen molar-refractivity contribution in [3.8, 4) is 22.5 Å². The van der Waals surface area contributed by atoms with Crippen LogP contribution in [0, 0.1) is 6.92 Å². The predicted molar refractivity (Wildman–Crippen MR) is 151 cm³/mol. The normalized spacial score (nSPS) is 14.0. The van der Waals surface area contributed by atoms with Gasteiger partial charge in [0.15, 0.2) is 0 Å². The molecule has 0 spiro atoms. The summed E-state index contributed by atoms with van der Waals surface area (Å²) in [6.45, 7) is 6.81. The van der Waals surface area contributed by atoms with E-state index >= 15 is 0 Å². The van der Waals surface area contributed by atoms with Crippen LogP contribution in [0.1, 0.15) is 58.4 Å². The molecule has 1 aliphatic rings. The summed E-state index contributed by atoms with van der Waals surface area (Å²) < 4.78 is 11.0. The van der Waals surface area contributed by atoms with Gasteiger partial charge < -0.3 is 19.6 Å². The lowest BCUT2D eigenvalue weighted by Gasteiger charge is -2.23. The molecule has 5 rings (SSSR count). The van der Waals surface area contributed by atoms with Gasteiger partial charge in [-0.2, -0.15) is 0 Å². The summed E-state index contributed by atoms with van der Waals surface area (Å²) in [7, 11) is 0. The van der Waals surface area contributed by atoms with Gasteiger partial charge in [0.2, 0.25) is 5.71 Å². The number of hydrogen-bond acceptors (Lipinski definition) is 7. The number of nitrogens with zero attached hydrogens (tertiary/aromatic N) is 2. The Bertz CT molecular complexity index is 1340. The van der Waals surface area contributed by atoms with Gasteiger partial charge in [0.1, 0.15) is 30.1 Å². The van der Waals surface area contributed by atoms with Gasteiger partial charge in [0.25, 0.3) is 0 Å². The smallest absolute Gasteiger partial charge is 0.332 e. The Hall–Kier alpha value is -3.71. The van der Waals surface area contributed by atoms with Crippen molar-refractivity contribution in [2.24, 2.45) is 0 Å². The van der Waals surface area contributed by atoms with Crippen molar-refractivity contribution in [2.45, 2.75) is 71.4 Å². The van der Waals surface area contributed by atoms with Crippen molar-refractivity contribution in [3.05, 3.63) is 66.5 Å². The number of aromatic nitrogens is 2. The Morgan fingerprint density at radius 3 is 2.29 bits per heavy atom. The van der Waals surface area contributed by atoms with Crippen LogP contribution in [-0.4, -0.2) is 39.3 Å². The van der Waals surface area contributed by atoms with Crippen LogP contribution in [0.3, 0.4) is 0 Å². The lowest BCUT2D eigenvalue weighted by molar-refractivity contribution is -0.158. The number of nitrogens with one attached hydrogen (secondary N) is 1. The molecule has 2 N–H and O–H groups in total. The summed E-state index contributed by atoms with van der Waals surface area (Å²) in [6.07, 6.45) is 7.86. The van der Waals surface area contributed by atoms with Gasteiger partial charge in [0.05, 0.1) is 5.39 Å². The van der Waals surface area contributed by atoms with E-state index in [0.717, 1.165) is 33.7 Å². The zero-order chi connectivity index (χ0) is 27.1. The van der Waals surface area contributed by atoms with E-state index in [2.05, 4.69) is 58.6 Å². The van der Waals surface area contributed by atoms with E-state index in [1.54, 1.807) is 27.1 Å². The maximum Gasteiger partial charge on any atom is 0.332 e. The standard InChI is InChI=1S/C25H25N3O.C6H12O3/c1-17-12-14-18(15-13-17)21-22-24(28-20-10-6-3-7-11-20)26-16-27-25(22)29-23(21)19-8-4-2-5-9-19;1-6(2,3)9-5(8)4-7/h2,4-5,8-9,12-16,20H,3,6-7,10-11H2,1H3,(H,26,27,28);7H,4H2,1-3H3. The van der Waals surface area contributed by atoms with E-state index in [1.165, 1.54) is 37.7 Å². The first-order valence-corrected chi connectivity index (χ1v) is 13.2. The molecule has 1 aliphatic carbocycles. The average molecular weight is 516 g/mol. The second-order valence-corrected chi connectivity index (χ2v) is 10.7. The molecule has 1 saturated carbocycles. The number of carbonyl (C=O) groups excluding carboxylic acids is 1. The molecule has 38 heavy (non-hydrogen) atoms. The van der Waals surface area contributed by atoms with Crippen molar-refractivity contribution in [1.29, 1.82) is 0 Å². The van der Waals surface area contributed by atoms with Crippen LogP contribution in [0.2, 0.25) is 0 Å². The lowest BCUT2D eigenvalue weighted by atomic mass is 9.95. The maximum absolute atomic E-state index is 10.4. The summed E-state index contributed by atoms with van der Waals surface area (Å²) in [5.41, 5.74) is 4.61. The van der Waals surface area contributed by atoms with Crippen LogP contribution >= 0.6 is 0 Å². The lowest BCUT2D eigenvalue weighted by Crippen LogP contribution is -2.25. The van der Waals surface area contributed by atoms with Crippen LogP contribution in [0.4, 0.5) is 5.82 Å². The third-order valence-electron chi connectivity index (χ3n) is 6.36. The Balaban J connectivity index is 0.000000323. The zero-order valence-corrected chi connectivity index (χ0v) is 22.7. The Morgan fingerprint density at radius 1 is 1.00 bits per heavy atom. The zero-order valence-electron chi connectivity index (χ0n) is 22.7. The highest BCUT2D eigenvalue weighted by molar-refractivity contribution is 6.05. The molecule has 200 valence electrons. The van der Waals surface area contributed by atoms with Crippen LogP contribution in [-0.2, 0) is 9.53 Å². The van der Waals surface area contributed by atoms with Gasteiger partial charge in [-0.05, 0) is 46.1 Å². The molecule has 0 radical (unpaired) electrons. The number of ether oxygens (including phenoxy) is 1. The second-order valence-electron chi connectivity index (χ2n) is 10.7.